The van der Waals surface area contributed by atoms with E-state index in [-0.39, 0.29) is 22.2 Å². The Morgan fingerprint density at radius 2 is 1.71 bits per heavy atom. The molecular weight excluding hydrogens is 402 g/mol. The van der Waals surface area contributed by atoms with E-state index in [0.717, 1.165) is 19.1 Å². The van der Waals surface area contributed by atoms with Crippen LogP contribution < -0.4 is 10.0 Å². The molecule has 2 amide bonds. The highest BCUT2D eigenvalue weighted by atomic mass is 35.5. The van der Waals surface area contributed by atoms with Gasteiger partial charge < -0.3 is 10.2 Å². The number of carbonyl (C=O) groups excluding carboxylic acids is 2. The zero-order chi connectivity index (χ0) is 20.3. The average molecular weight is 422 g/mol. The molecule has 1 heterocycles. The summed E-state index contributed by atoms with van der Waals surface area (Å²) in [6.45, 7) is 1.40. The number of sulfonamides is 1. The normalized spacial score (nSPS) is 14.0. The van der Waals surface area contributed by atoms with Crippen molar-refractivity contribution in [2.75, 3.05) is 29.4 Å². The maximum atomic E-state index is 12.8. The molecular formula is C19H20ClN3O4S. The van der Waals surface area contributed by atoms with Gasteiger partial charge in [0.25, 0.3) is 11.8 Å². The number of benzene rings is 2. The lowest BCUT2D eigenvalue weighted by molar-refractivity contribution is 0.0794. The fourth-order valence-electron chi connectivity index (χ4n) is 3.04. The van der Waals surface area contributed by atoms with E-state index >= 15 is 0 Å². The van der Waals surface area contributed by atoms with E-state index in [1.807, 2.05) is 0 Å². The minimum Gasteiger partial charge on any atom is -0.339 e. The highest BCUT2D eigenvalue weighted by Crippen LogP contribution is 2.25. The second kappa shape index (κ2) is 8.20. The van der Waals surface area contributed by atoms with Gasteiger partial charge in [0.2, 0.25) is 10.0 Å². The summed E-state index contributed by atoms with van der Waals surface area (Å²) in [5.41, 5.74) is 1.10. The molecule has 1 aliphatic heterocycles. The van der Waals surface area contributed by atoms with Crippen molar-refractivity contribution in [2.45, 2.75) is 12.8 Å². The first-order valence-electron chi connectivity index (χ1n) is 8.71. The molecule has 3 rings (SSSR count). The Kier molecular flexibility index (Phi) is 5.90. The summed E-state index contributed by atoms with van der Waals surface area (Å²) >= 11 is 6.12. The van der Waals surface area contributed by atoms with Crippen molar-refractivity contribution in [2.24, 2.45) is 0 Å². The molecule has 0 radical (unpaired) electrons. The van der Waals surface area contributed by atoms with Crippen LogP contribution in [0.3, 0.4) is 0 Å². The van der Waals surface area contributed by atoms with Crippen LogP contribution in [0.5, 0.6) is 0 Å². The average Bonchev–Trinajstić information content (AvgIpc) is 3.16. The molecule has 9 heteroatoms. The van der Waals surface area contributed by atoms with E-state index in [2.05, 4.69) is 10.0 Å². The summed E-state index contributed by atoms with van der Waals surface area (Å²) in [6.07, 6.45) is 2.95. The maximum Gasteiger partial charge on any atom is 0.257 e. The number of rotatable bonds is 5. The van der Waals surface area contributed by atoms with Crippen molar-refractivity contribution in [1.29, 1.82) is 0 Å². The number of halogens is 1. The number of amides is 2. The Morgan fingerprint density at radius 3 is 2.39 bits per heavy atom. The molecule has 0 spiro atoms. The van der Waals surface area contributed by atoms with Gasteiger partial charge in [0.1, 0.15) is 0 Å². The number of para-hydroxylation sites is 1. The first-order chi connectivity index (χ1) is 13.2. The number of nitrogens with one attached hydrogen (secondary N) is 2. The van der Waals surface area contributed by atoms with E-state index in [4.69, 9.17) is 11.6 Å². The number of likely N-dealkylation sites (tertiary alicyclic amines) is 1. The lowest BCUT2D eigenvalue weighted by atomic mass is 10.1. The second-order valence-corrected chi connectivity index (χ2v) is 8.72. The van der Waals surface area contributed by atoms with E-state index in [0.29, 0.717) is 24.3 Å². The van der Waals surface area contributed by atoms with Crippen LogP contribution in [0.2, 0.25) is 5.02 Å². The predicted molar refractivity (Wildman–Crippen MR) is 109 cm³/mol. The molecule has 1 saturated heterocycles. The van der Waals surface area contributed by atoms with Gasteiger partial charge in [0.15, 0.2) is 0 Å². The Balaban J connectivity index is 1.86. The molecule has 1 aliphatic rings. The van der Waals surface area contributed by atoms with E-state index in [1.165, 1.54) is 18.2 Å². The largest absolute Gasteiger partial charge is 0.339 e. The highest BCUT2D eigenvalue weighted by molar-refractivity contribution is 7.92. The van der Waals surface area contributed by atoms with Gasteiger partial charge in [-0.15, -0.1) is 0 Å². The summed E-state index contributed by atoms with van der Waals surface area (Å²) in [7, 11) is -3.49. The number of anilines is 2. The summed E-state index contributed by atoms with van der Waals surface area (Å²) in [5, 5.41) is 2.88. The van der Waals surface area contributed by atoms with Gasteiger partial charge in [-0.1, -0.05) is 23.7 Å². The van der Waals surface area contributed by atoms with Crippen molar-refractivity contribution in [3.63, 3.8) is 0 Å². The SMILES string of the molecule is CS(=O)(=O)Nc1ccc(Cl)c(C(=O)Nc2ccccc2C(=O)N2CCCC2)c1. The van der Waals surface area contributed by atoms with Gasteiger partial charge in [-0.2, -0.15) is 0 Å². The zero-order valence-corrected chi connectivity index (χ0v) is 16.8. The Bertz CT molecular complexity index is 1020. The van der Waals surface area contributed by atoms with Crippen LogP contribution in [-0.4, -0.2) is 44.5 Å². The molecule has 2 aromatic rings. The van der Waals surface area contributed by atoms with Gasteiger partial charge in [0.05, 0.1) is 28.1 Å². The van der Waals surface area contributed by atoms with Gasteiger partial charge >= 0.3 is 0 Å². The molecule has 0 atom stereocenters. The van der Waals surface area contributed by atoms with Crippen molar-refractivity contribution in [3.8, 4) is 0 Å². The van der Waals surface area contributed by atoms with E-state index in [9.17, 15) is 18.0 Å². The fraction of sp³-hybridized carbons (Fsp3) is 0.263. The molecule has 2 aromatic carbocycles. The quantitative estimate of drug-likeness (QED) is 0.774. The third kappa shape index (κ3) is 4.82. The molecule has 0 unspecified atom stereocenters. The van der Waals surface area contributed by atoms with Crippen LogP contribution >= 0.6 is 11.6 Å². The number of hydrogen-bond acceptors (Lipinski definition) is 4. The summed E-state index contributed by atoms with van der Waals surface area (Å²) in [6, 6.07) is 11.0. The van der Waals surface area contributed by atoms with Crippen molar-refractivity contribution in [3.05, 3.63) is 58.6 Å². The Labute approximate surface area is 168 Å². The third-order valence-electron chi connectivity index (χ3n) is 4.31. The van der Waals surface area contributed by atoms with Crippen molar-refractivity contribution >= 4 is 44.8 Å². The molecule has 1 fully saturated rings. The monoisotopic (exact) mass is 421 g/mol. The topological polar surface area (TPSA) is 95.6 Å². The number of nitrogens with zero attached hydrogens (tertiary/aromatic N) is 1. The van der Waals surface area contributed by atoms with Crippen LogP contribution in [-0.2, 0) is 10.0 Å². The number of carbonyl (C=O) groups is 2. The molecule has 0 aromatic heterocycles. The summed E-state index contributed by atoms with van der Waals surface area (Å²) in [4.78, 5) is 27.2. The smallest absolute Gasteiger partial charge is 0.257 e. The molecule has 28 heavy (non-hydrogen) atoms. The highest BCUT2D eigenvalue weighted by Gasteiger charge is 2.23. The van der Waals surface area contributed by atoms with Crippen molar-refractivity contribution in [1.82, 2.24) is 4.90 Å². The van der Waals surface area contributed by atoms with Gasteiger partial charge in [-0.25, -0.2) is 8.42 Å². The standard InChI is InChI=1S/C19H20ClN3O4S/c1-28(26,27)22-13-8-9-16(20)15(12-13)18(24)21-17-7-3-2-6-14(17)19(25)23-10-4-5-11-23/h2-3,6-9,12,22H,4-5,10-11H2,1H3,(H,21,24). The predicted octanol–water partition coefficient (Wildman–Crippen LogP) is 3.20. The van der Waals surface area contributed by atoms with Crippen molar-refractivity contribution < 1.29 is 18.0 Å². The number of hydrogen-bond donors (Lipinski definition) is 2. The van der Waals surface area contributed by atoms with Gasteiger partial charge in [0, 0.05) is 18.8 Å². The van der Waals surface area contributed by atoms with Gasteiger partial charge in [-0.3, -0.25) is 14.3 Å². The first kappa shape index (κ1) is 20.2. The lowest BCUT2D eigenvalue weighted by Crippen LogP contribution is -2.28. The van der Waals surface area contributed by atoms with Crippen LogP contribution in [0.1, 0.15) is 33.6 Å². The third-order valence-corrected chi connectivity index (χ3v) is 5.25. The molecule has 0 bridgehead atoms. The summed E-state index contributed by atoms with van der Waals surface area (Å²) in [5.74, 6) is -0.671. The molecule has 0 saturated carbocycles. The first-order valence-corrected chi connectivity index (χ1v) is 11.0. The molecule has 2 N–H and O–H groups in total. The minimum absolute atomic E-state index is 0.0961. The second-order valence-electron chi connectivity index (χ2n) is 6.57. The Morgan fingerprint density at radius 1 is 1.04 bits per heavy atom. The van der Waals surface area contributed by atoms with Crippen LogP contribution in [0, 0.1) is 0 Å². The molecule has 148 valence electrons. The van der Waals surface area contributed by atoms with E-state index in [1.54, 1.807) is 29.2 Å². The van der Waals surface area contributed by atoms with Crippen LogP contribution in [0.15, 0.2) is 42.5 Å². The fourth-order valence-corrected chi connectivity index (χ4v) is 3.79. The molecule has 7 nitrogen and oxygen atoms in total. The van der Waals surface area contributed by atoms with Crippen LogP contribution in [0.25, 0.3) is 0 Å². The lowest BCUT2D eigenvalue weighted by Gasteiger charge is -2.18. The van der Waals surface area contributed by atoms with Crippen LogP contribution in [0.4, 0.5) is 11.4 Å². The summed E-state index contributed by atoms with van der Waals surface area (Å²) < 4.78 is 25.1. The molecule has 0 aliphatic carbocycles. The minimum atomic E-state index is -3.49. The zero-order valence-electron chi connectivity index (χ0n) is 15.2. The van der Waals surface area contributed by atoms with Gasteiger partial charge in [-0.05, 0) is 43.2 Å². The maximum absolute atomic E-state index is 12.8. The van der Waals surface area contributed by atoms with E-state index < -0.39 is 15.9 Å². The Hall–Kier alpha value is -2.58.